The van der Waals surface area contributed by atoms with E-state index in [0.29, 0.717) is 9.40 Å². The van der Waals surface area contributed by atoms with Crippen molar-refractivity contribution in [3.63, 3.8) is 0 Å². The summed E-state index contributed by atoms with van der Waals surface area (Å²) in [5.74, 6) is 0. The van der Waals surface area contributed by atoms with Crippen molar-refractivity contribution in [2.75, 3.05) is 7.05 Å². The zero-order valence-electron chi connectivity index (χ0n) is 4.64. The normalized spacial score (nSPS) is 30.0. The lowest BCUT2D eigenvalue weighted by Gasteiger charge is -2.10. The minimum absolute atomic E-state index is 0.309. The molecule has 0 spiro atoms. The summed E-state index contributed by atoms with van der Waals surface area (Å²) in [6, 6.07) is 0. The Morgan fingerprint density at radius 2 is 2.22 bits per heavy atom. The monoisotopic (exact) mass is 185 g/mol. The van der Waals surface area contributed by atoms with Gasteiger partial charge in [-0.25, -0.2) is 4.31 Å². The van der Waals surface area contributed by atoms with Crippen LogP contribution in [0.1, 0.15) is 0 Å². The third-order valence-corrected chi connectivity index (χ3v) is 2.85. The van der Waals surface area contributed by atoms with Crippen molar-refractivity contribution in [3.8, 4) is 0 Å². The fraction of sp³-hybridized carbons (Fsp3) is 0.500. The molecule has 1 N–H and O–H groups in total. The predicted octanol–water partition coefficient (Wildman–Crippen LogP) is 1.55. The summed E-state index contributed by atoms with van der Waals surface area (Å²) in [6.07, 6.45) is -0.732. The summed E-state index contributed by atoms with van der Waals surface area (Å²) in [5.41, 5.74) is 0. The highest BCUT2D eigenvalue weighted by atomic mass is 35.5. The molecule has 0 aromatic carbocycles. The van der Waals surface area contributed by atoms with E-state index in [2.05, 4.69) is 0 Å². The standard InChI is InChI=1S/C4H5Cl2NOS/c1-7-4(8)2(5)3(6)9-7/h4,8H,1H3. The Bertz CT molecular complexity index is 161. The maximum atomic E-state index is 9.07. The van der Waals surface area contributed by atoms with Gasteiger partial charge < -0.3 is 5.11 Å². The average molecular weight is 186 g/mol. The van der Waals surface area contributed by atoms with E-state index in [1.54, 1.807) is 11.4 Å². The molecule has 1 rings (SSSR count). The summed E-state index contributed by atoms with van der Waals surface area (Å²) in [4.78, 5) is 0. The molecule has 0 saturated heterocycles. The number of hydrogen-bond acceptors (Lipinski definition) is 3. The van der Waals surface area contributed by atoms with Crippen LogP contribution in [0.15, 0.2) is 9.40 Å². The van der Waals surface area contributed by atoms with E-state index < -0.39 is 6.23 Å². The Labute approximate surface area is 67.6 Å². The van der Waals surface area contributed by atoms with E-state index in [9.17, 15) is 0 Å². The minimum atomic E-state index is -0.732. The highest BCUT2D eigenvalue weighted by molar-refractivity contribution is 8.02. The summed E-state index contributed by atoms with van der Waals surface area (Å²) < 4.78 is 2.02. The molecule has 0 amide bonds. The van der Waals surface area contributed by atoms with Crippen LogP contribution >= 0.6 is 35.1 Å². The second-order valence-electron chi connectivity index (χ2n) is 1.63. The molecule has 0 fully saturated rings. The second-order valence-corrected chi connectivity index (χ2v) is 3.81. The summed E-state index contributed by atoms with van der Waals surface area (Å²) in [5, 5.41) is 9.38. The fourth-order valence-corrected chi connectivity index (χ4v) is 1.86. The molecule has 0 radical (unpaired) electrons. The predicted molar refractivity (Wildman–Crippen MR) is 40.1 cm³/mol. The van der Waals surface area contributed by atoms with Crippen molar-refractivity contribution in [3.05, 3.63) is 9.40 Å². The molecule has 0 bridgehead atoms. The second kappa shape index (κ2) is 2.68. The van der Waals surface area contributed by atoms with Gasteiger partial charge in [0.2, 0.25) is 0 Å². The highest BCUT2D eigenvalue weighted by Gasteiger charge is 2.26. The van der Waals surface area contributed by atoms with Crippen LogP contribution in [0.3, 0.4) is 0 Å². The van der Waals surface area contributed by atoms with E-state index in [0.717, 1.165) is 0 Å². The van der Waals surface area contributed by atoms with Gasteiger partial charge in [-0.3, -0.25) is 0 Å². The van der Waals surface area contributed by atoms with Gasteiger partial charge in [0.05, 0.1) is 5.03 Å². The van der Waals surface area contributed by atoms with Crippen LogP contribution in [0.25, 0.3) is 0 Å². The number of likely N-dealkylation sites (N-methyl/N-ethyl adjacent to an activating group) is 1. The first-order valence-electron chi connectivity index (χ1n) is 2.27. The van der Waals surface area contributed by atoms with Gasteiger partial charge in [-0.15, -0.1) is 0 Å². The van der Waals surface area contributed by atoms with Crippen LogP contribution in [0.5, 0.6) is 0 Å². The number of hydrogen-bond donors (Lipinski definition) is 1. The van der Waals surface area contributed by atoms with Gasteiger partial charge in [-0.1, -0.05) is 23.2 Å². The smallest absolute Gasteiger partial charge is 0.155 e. The Morgan fingerprint density at radius 3 is 2.33 bits per heavy atom. The molecule has 2 nitrogen and oxygen atoms in total. The first-order chi connectivity index (χ1) is 4.13. The zero-order chi connectivity index (χ0) is 7.02. The Balaban J connectivity index is 2.74. The number of nitrogens with zero attached hydrogens (tertiary/aromatic N) is 1. The quantitative estimate of drug-likeness (QED) is 0.580. The summed E-state index contributed by atoms with van der Waals surface area (Å²) >= 11 is 12.3. The molecule has 0 aromatic heterocycles. The van der Waals surface area contributed by atoms with Crippen molar-refractivity contribution >= 4 is 35.1 Å². The largest absolute Gasteiger partial charge is 0.372 e. The lowest BCUT2D eigenvalue weighted by Crippen LogP contribution is -2.20. The van der Waals surface area contributed by atoms with Crippen LogP contribution in [0.4, 0.5) is 0 Å². The maximum Gasteiger partial charge on any atom is 0.155 e. The average Bonchev–Trinajstić information content (AvgIpc) is 1.98. The molecule has 5 heteroatoms. The topological polar surface area (TPSA) is 23.5 Å². The van der Waals surface area contributed by atoms with Gasteiger partial charge in [-0.05, 0) is 11.9 Å². The highest BCUT2D eigenvalue weighted by Crippen LogP contribution is 2.39. The SMILES string of the molecule is CN1SC(Cl)=C(Cl)C1O. The molecular weight excluding hydrogens is 181 g/mol. The molecular formula is C4H5Cl2NOS. The number of aliphatic hydroxyl groups excluding tert-OH is 1. The van der Waals surface area contributed by atoms with Crippen LogP contribution in [-0.2, 0) is 0 Å². The Hall–Kier alpha value is 0.590. The molecule has 1 atom stereocenters. The molecule has 52 valence electrons. The summed E-state index contributed by atoms with van der Waals surface area (Å²) in [7, 11) is 1.72. The molecule has 0 aliphatic carbocycles. The van der Waals surface area contributed by atoms with Crippen molar-refractivity contribution in [2.24, 2.45) is 0 Å². The van der Waals surface area contributed by atoms with Gasteiger partial charge in [0.25, 0.3) is 0 Å². The number of rotatable bonds is 0. The number of aliphatic hydroxyl groups is 1. The number of halogens is 2. The minimum Gasteiger partial charge on any atom is -0.372 e. The van der Waals surface area contributed by atoms with Crippen LogP contribution in [0.2, 0.25) is 0 Å². The Kier molecular flexibility index (Phi) is 2.29. The van der Waals surface area contributed by atoms with Crippen LogP contribution in [0, 0.1) is 0 Å². The van der Waals surface area contributed by atoms with E-state index in [-0.39, 0.29) is 0 Å². The van der Waals surface area contributed by atoms with Gasteiger partial charge in [0, 0.05) is 7.05 Å². The van der Waals surface area contributed by atoms with E-state index in [4.69, 9.17) is 28.3 Å². The molecule has 1 aliphatic rings. The van der Waals surface area contributed by atoms with Gasteiger partial charge in [0.1, 0.15) is 4.36 Å². The molecule has 0 saturated carbocycles. The van der Waals surface area contributed by atoms with E-state index in [1.165, 1.54) is 11.9 Å². The first-order valence-corrected chi connectivity index (χ1v) is 3.80. The Morgan fingerprint density at radius 1 is 1.67 bits per heavy atom. The van der Waals surface area contributed by atoms with Gasteiger partial charge >= 0.3 is 0 Å². The van der Waals surface area contributed by atoms with Crippen molar-refractivity contribution in [1.82, 2.24) is 4.31 Å². The first kappa shape index (κ1) is 7.69. The molecule has 1 heterocycles. The lowest BCUT2D eigenvalue weighted by atomic mass is 10.5. The third kappa shape index (κ3) is 1.36. The lowest BCUT2D eigenvalue weighted by molar-refractivity contribution is 0.132. The molecule has 1 aliphatic heterocycles. The fourth-order valence-electron chi connectivity index (χ4n) is 0.481. The van der Waals surface area contributed by atoms with E-state index >= 15 is 0 Å². The maximum absolute atomic E-state index is 9.07. The zero-order valence-corrected chi connectivity index (χ0v) is 6.96. The van der Waals surface area contributed by atoms with Crippen molar-refractivity contribution < 1.29 is 5.11 Å². The third-order valence-electron chi connectivity index (χ3n) is 0.983. The van der Waals surface area contributed by atoms with Crippen LogP contribution < -0.4 is 0 Å². The molecule has 1 unspecified atom stereocenters. The van der Waals surface area contributed by atoms with Crippen LogP contribution in [-0.4, -0.2) is 22.7 Å². The summed E-state index contributed by atoms with van der Waals surface area (Å²) in [6.45, 7) is 0. The van der Waals surface area contributed by atoms with Gasteiger partial charge in [0.15, 0.2) is 6.23 Å². The van der Waals surface area contributed by atoms with Crippen molar-refractivity contribution in [1.29, 1.82) is 0 Å². The van der Waals surface area contributed by atoms with Gasteiger partial charge in [-0.2, -0.15) is 0 Å². The van der Waals surface area contributed by atoms with E-state index in [1.807, 2.05) is 0 Å². The molecule has 0 aromatic rings. The van der Waals surface area contributed by atoms with Crippen molar-refractivity contribution in [2.45, 2.75) is 6.23 Å². The molecule has 9 heavy (non-hydrogen) atoms.